The number of carbonyl (C=O) groups is 1. The smallest absolute Gasteiger partial charge is 0.160 e. The number of nitriles is 1. The second-order valence-corrected chi connectivity index (χ2v) is 4.04. The molecule has 0 N–H and O–H groups in total. The predicted octanol–water partition coefficient (Wildman–Crippen LogP) is 2.75. The third-order valence-corrected chi connectivity index (χ3v) is 2.71. The molecule has 2 rings (SSSR count). The second-order valence-electron chi connectivity index (χ2n) is 4.04. The summed E-state index contributed by atoms with van der Waals surface area (Å²) in [6, 6.07) is 13.0. The Kier molecular flexibility index (Phi) is 3.49. The molecule has 0 bridgehead atoms. The number of rotatable bonds is 3. The van der Waals surface area contributed by atoms with Crippen LogP contribution in [0, 0.1) is 11.3 Å². The Hall–Kier alpha value is -2.47. The van der Waals surface area contributed by atoms with Gasteiger partial charge in [-0.1, -0.05) is 24.3 Å². The van der Waals surface area contributed by atoms with Crippen molar-refractivity contribution in [1.82, 2.24) is 4.98 Å². The molecule has 2 aromatic rings. The van der Waals surface area contributed by atoms with Gasteiger partial charge in [0.05, 0.1) is 11.6 Å². The first-order chi connectivity index (χ1) is 8.70. The van der Waals surface area contributed by atoms with Crippen LogP contribution in [0.25, 0.3) is 0 Å². The van der Waals surface area contributed by atoms with Gasteiger partial charge in [0.1, 0.15) is 0 Å². The fourth-order valence-electron chi connectivity index (χ4n) is 1.86. The van der Waals surface area contributed by atoms with Gasteiger partial charge >= 0.3 is 0 Å². The highest BCUT2D eigenvalue weighted by Crippen LogP contribution is 2.14. The monoisotopic (exact) mass is 236 g/mol. The van der Waals surface area contributed by atoms with Crippen molar-refractivity contribution in [3.8, 4) is 6.07 Å². The molecule has 0 atom stereocenters. The van der Waals surface area contributed by atoms with Gasteiger partial charge in [0.25, 0.3) is 0 Å². The highest BCUT2D eigenvalue weighted by atomic mass is 16.1. The Bertz CT molecular complexity index is 626. The molecule has 0 radical (unpaired) electrons. The molecule has 18 heavy (non-hydrogen) atoms. The van der Waals surface area contributed by atoms with E-state index in [-0.39, 0.29) is 5.78 Å². The first kappa shape index (κ1) is 12.0. The lowest BCUT2D eigenvalue weighted by Crippen LogP contribution is -2.01. The molecule has 1 aromatic heterocycles. The molecule has 0 aliphatic heterocycles. The molecule has 0 unspecified atom stereocenters. The quantitative estimate of drug-likeness (QED) is 0.770. The fourth-order valence-corrected chi connectivity index (χ4v) is 1.86. The van der Waals surface area contributed by atoms with Crippen LogP contribution in [0.15, 0.2) is 42.6 Å². The lowest BCUT2D eigenvalue weighted by atomic mass is 10.00. The van der Waals surface area contributed by atoms with Gasteiger partial charge < -0.3 is 0 Å². The minimum absolute atomic E-state index is 0.0436. The number of pyridine rings is 1. The number of carbonyl (C=O) groups excluding carboxylic acids is 1. The van der Waals surface area contributed by atoms with Crippen LogP contribution in [0.4, 0.5) is 0 Å². The van der Waals surface area contributed by atoms with E-state index in [1.807, 2.05) is 24.3 Å². The molecule has 3 heteroatoms. The van der Waals surface area contributed by atoms with Gasteiger partial charge in [0.15, 0.2) is 5.78 Å². The van der Waals surface area contributed by atoms with Crippen LogP contribution < -0.4 is 0 Å². The van der Waals surface area contributed by atoms with Crippen molar-refractivity contribution >= 4 is 5.78 Å². The lowest BCUT2D eigenvalue weighted by molar-refractivity contribution is 0.101. The molecule has 1 heterocycles. The summed E-state index contributed by atoms with van der Waals surface area (Å²) in [5.74, 6) is 0.0436. The standard InChI is InChI=1S/C15H12N2O/c1-11(18)15-5-3-2-4-13(15)9-14-8-12(10-16)6-7-17-14/h2-8H,9H2,1H3. The van der Waals surface area contributed by atoms with Crippen molar-refractivity contribution in [2.24, 2.45) is 0 Å². The van der Waals surface area contributed by atoms with Gasteiger partial charge in [-0.15, -0.1) is 0 Å². The molecular weight excluding hydrogens is 224 g/mol. The molecule has 1 aromatic carbocycles. The van der Waals surface area contributed by atoms with Gasteiger partial charge in [0.2, 0.25) is 0 Å². The summed E-state index contributed by atoms with van der Waals surface area (Å²) in [4.78, 5) is 15.7. The van der Waals surface area contributed by atoms with E-state index in [4.69, 9.17) is 5.26 Å². The van der Waals surface area contributed by atoms with E-state index in [1.165, 1.54) is 0 Å². The van der Waals surface area contributed by atoms with Gasteiger partial charge in [0, 0.05) is 23.9 Å². The summed E-state index contributed by atoms with van der Waals surface area (Å²) in [5, 5.41) is 8.84. The Morgan fingerprint density at radius 3 is 2.83 bits per heavy atom. The zero-order valence-corrected chi connectivity index (χ0v) is 10.1. The van der Waals surface area contributed by atoms with Gasteiger partial charge in [-0.3, -0.25) is 9.78 Å². The number of hydrogen-bond donors (Lipinski definition) is 0. The van der Waals surface area contributed by atoms with Crippen molar-refractivity contribution in [3.05, 3.63) is 65.0 Å². The number of hydrogen-bond acceptors (Lipinski definition) is 3. The summed E-state index contributed by atoms with van der Waals surface area (Å²) >= 11 is 0. The number of benzene rings is 1. The molecule has 0 aliphatic rings. The Morgan fingerprint density at radius 1 is 1.33 bits per heavy atom. The van der Waals surface area contributed by atoms with Crippen LogP contribution in [-0.4, -0.2) is 10.8 Å². The summed E-state index contributed by atoms with van der Waals surface area (Å²) in [5.41, 5.74) is 3.03. The van der Waals surface area contributed by atoms with E-state index in [0.717, 1.165) is 11.3 Å². The zero-order chi connectivity index (χ0) is 13.0. The summed E-state index contributed by atoms with van der Waals surface area (Å²) in [7, 11) is 0. The number of nitrogens with zero attached hydrogens (tertiary/aromatic N) is 2. The largest absolute Gasteiger partial charge is 0.295 e. The molecule has 0 amide bonds. The summed E-state index contributed by atoms with van der Waals surface area (Å²) in [6.07, 6.45) is 2.18. The van der Waals surface area contributed by atoms with Crippen LogP contribution >= 0.6 is 0 Å². The van der Waals surface area contributed by atoms with Crippen molar-refractivity contribution < 1.29 is 4.79 Å². The van der Waals surface area contributed by atoms with Crippen molar-refractivity contribution in [3.63, 3.8) is 0 Å². The topological polar surface area (TPSA) is 53.8 Å². The lowest BCUT2D eigenvalue weighted by Gasteiger charge is -2.06. The Morgan fingerprint density at radius 2 is 2.11 bits per heavy atom. The van der Waals surface area contributed by atoms with Crippen LogP contribution in [0.5, 0.6) is 0 Å². The molecular formula is C15H12N2O. The van der Waals surface area contributed by atoms with E-state index >= 15 is 0 Å². The maximum absolute atomic E-state index is 11.5. The van der Waals surface area contributed by atoms with E-state index in [0.29, 0.717) is 17.5 Å². The summed E-state index contributed by atoms with van der Waals surface area (Å²) in [6.45, 7) is 1.55. The Labute approximate surface area is 106 Å². The third-order valence-electron chi connectivity index (χ3n) is 2.71. The van der Waals surface area contributed by atoms with Crippen molar-refractivity contribution in [2.45, 2.75) is 13.3 Å². The number of Topliss-reactive ketones (excluding diaryl/α,β-unsaturated/α-hetero) is 1. The van der Waals surface area contributed by atoms with Crippen LogP contribution in [0.2, 0.25) is 0 Å². The van der Waals surface area contributed by atoms with E-state index < -0.39 is 0 Å². The minimum Gasteiger partial charge on any atom is -0.295 e. The highest BCUT2D eigenvalue weighted by Gasteiger charge is 2.07. The number of aromatic nitrogens is 1. The second kappa shape index (κ2) is 5.24. The highest BCUT2D eigenvalue weighted by molar-refractivity contribution is 5.95. The van der Waals surface area contributed by atoms with Gasteiger partial charge in [-0.25, -0.2) is 0 Å². The maximum atomic E-state index is 11.5. The fraction of sp³-hybridized carbons (Fsp3) is 0.133. The van der Waals surface area contributed by atoms with Crippen molar-refractivity contribution in [1.29, 1.82) is 5.26 Å². The zero-order valence-electron chi connectivity index (χ0n) is 10.1. The molecule has 0 saturated carbocycles. The SMILES string of the molecule is CC(=O)c1ccccc1Cc1cc(C#N)ccn1. The normalized spacial score (nSPS) is 9.78. The average Bonchev–Trinajstić information content (AvgIpc) is 2.39. The minimum atomic E-state index is 0.0436. The maximum Gasteiger partial charge on any atom is 0.160 e. The molecule has 0 saturated heterocycles. The first-order valence-electron chi connectivity index (χ1n) is 5.64. The third kappa shape index (κ3) is 2.61. The molecule has 0 aliphatic carbocycles. The molecule has 88 valence electrons. The number of ketones is 1. The van der Waals surface area contributed by atoms with E-state index in [2.05, 4.69) is 11.1 Å². The molecule has 0 fully saturated rings. The van der Waals surface area contributed by atoms with Crippen molar-refractivity contribution in [2.75, 3.05) is 0 Å². The van der Waals surface area contributed by atoms with Gasteiger partial charge in [-0.2, -0.15) is 5.26 Å². The van der Waals surface area contributed by atoms with Crippen LogP contribution in [0.1, 0.15) is 34.1 Å². The summed E-state index contributed by atoms with van der Waals surface area (Å²) < 4.78 is 0. The predicted molar refractivity (Wildman–Crippen MR) is 68.2 cm³/mol. The van der Waals surface area contributed by atoms with E-state index in [9.17, 15) is 4.79 Å². The van der Waals surface area contributed by atoms with E-state index in [1.54, 1.807) is 25.3 Å². The average molecular weight is 236 g/mol. The Balaban J connectivity index is 2.34. The van der Waals surface area contributed by atoms with Gasteiger partial charge in [-0.05, 0) is 24.6 Å². The molecule has 0 spiro atoms. The molecule has 3 nitrogen and oxygen atoms in total. The first-order valence-corrected chi connectivity index (χ1v) is 5.64. The van der Waals surface area contributed by atoms with Crippen LogP contribution in [-0.2, 0) is 6.42 Å². The van der Waals surface area contributed by atoms with Crippen LogP contribution in [0.3, 0.4) is 0 Å².